The van der Waals surface area contributed by atoms with Crippen LogP contribution in [0.5, 0.6) is 5.75 Å². The molecule has 158 valence electrons. The first-order chi connectivity index (χ1) is 14.5. The molecule has 8 nitrogen and oxygen atoms in total. The molecule has 0 saturated carbocycles. The summed E-state index contributed by atoms with van der Waals surface area (Å²) in [7, 11) is 1.55. The van der Waals surface area contributed by atoms with Gasteiger partial charge in [-0.3, -0.25) is 14.5 Å². The molecule has 9 heteroatoms. The number of nitrogens with zero attached hydrogens (tertiary/aromatic N) is 1. The van der Waals surface area contributed by atoms with E-state index in [4.69, 9.17) is 4.74 Å². The van der Waals surface area contributed by atoms with Crippen LogP contribution in [0.2, 0.25) is 0 Å². The fourth-order valence-corrected chi connectivity index (χ4v) is 3.55. The molecule has 1 atom stereocenters. The second-order valence-corrected chi connectivity index (χ2v) is 7.64. The van der Waals surface area contributed by atoms with Crippen LogP contribution >= 0.6 is 11.8 Å². The highest BCUT2D eigenvalue weighted by atomic mass is 32.2. The summed E-state index contributed by atoms with van der Waals surface area (Å²) in [5.74, 6) is 0.687. The number of fused-ring (bicyclic) bond motifs is 1. The first-order valence-corrected chi connectivity index (χ1v) is 10.8. The molecule has 0 aromatic heterocycles. The predicted octanol–water partition coefficient (Wildman–Crippen LogP) is 2.92. The van der Waals surface area contributed by atoms with Crippen molar-refractivity contribution in [3.63, 3.8) is 0 Å². The van der Waals surface area contributed by atoms with E-state index < -0.39 is 12.1 Å². The van der Waals surface area contributed by atoms with Crippen molar-refractivity contribution in [3.05, 3.63) is 48.5 Å². The van der Waals surface area contributed by atoms with E-state index in [0.717, 1.165) is 0 Å². The number of ether oxygens (including phenoxy) is 1. The minimum Gasteiger partial charge on any atom is -0.497 e. The molecule has 0 aliphatic carbocycles. The molecular weight excluding hydrogens is 404 g/mol. The molecule has 3 rings (SSSR count). The van der Waals surface area contributed by atoms with Gasteiger partial charge >= 0.3 is 6.03 Å². The number of nitrogens with one attached hydrogen (secondary N) is 3. The van der Waals surface area contributed by atoms with Crippen molar-refractivity contribution < 1.29 is 19.1 Å². The summed E-state index contributed by atoms with van der Waals surface area (Å²) in [4.78, 5) is 39.2. The number of benzene rings is 2. The largest absolute Gasteiger partial charge is 0.497 e. The van der Waals surface area contributed by atoms with Crippen LogP contribution in [0.3, 0.4) is 0 Å². The van der Waals surface area contributed by atoms with Crippen molar-refractivity contribution in [2.75, 3.05) is 41.2 Å². The Bertz CT molecular complexity index is 937. The molecule has 2 aromatic rings. The summed E-state index contributed by atoms with van der Waals surface area (Å²) in [6.45, 7) is -0.115. The zero-order chi connectivity index (χ0) is 21.5. The average molecular weight is 429 g/mol. The number of para-hydroxylation sites is 2. The molecule has 2 aromatic carbocycles. The molecular formula is C21H24N4O4S. The summed E-state index contributed by atoms with van der Waals surface area (Å²) in [5, 5.41) is 8.35. The lowest BCUT2D eigenvalue weighted by atomic mass is 10.2. The van der Waals surface area contributed by atoms with Crippen molar-refractivity contribution in [3.8, 4) is 5.75 Å². The fraction of sp³-hybridized carbons (Fsp3) is 0.286. The average Bonchev–Trinajstić information content (AvgIpc) is 2.75. The van der Waals surface area contributed by atoms with E-state index in [1.165, 1.54) is 4.90 Å². The number of rotatable bonds is 7. The highest BCUT2D eigenvalue weighted by Gasteiger charge is 2.29. The number of carbonyl (C=O) groups excluding carboxylic acids is 3. The second kappa shape index (κ2) is 10.0. The molecule has 0 fully saturated rings. The Morgan fingerprint density at radius 3 is 2.80 bits per heavy atom. The Hall–Kier alpha value is -3.20. The summed E-state index contributed by atoms with van der Waals surface area (Å²) < 4.78 is 5.18. The van der Waals surface area contributed by atoms with Crippen molar-refractivity contribution in [1.29, 1.82) is 0 Å². The zero-order valence-corrected chi connectivity index (χ0v) is 17.6. The third-order valence-electron chi connectivity index (χ3n) is 4.58. The maximum absolute atomic E-state index is 13.0. The molecule has 0 radical (unpaired) electrons. The van der Waals surface area contributed by atoms with Crippen LogP contribution in [0.1, 0.15) is 6.42 Å². The Labute approximate surface area is 179 Å². The summed E-state index contributed by atoms with van der Waals surface area (Å²) in [6.07, 6.45) is 2.38. The molecule has 1 aliphatic rings. The van der Waals surface area contributed by atoms with E-state index in [0.29, 0.717) is 35.0 Å². The molecule has 3 N–H and O–H groups in total. The van der Waals surface area contributed by atoms with Crippen LogP contribution in [0, 0.1) is 0 Å². The maximum Gasteiger partial charge on any atom is 0.323 e. The van der Waals surface area contributed by atoms with Gasteiger partial charge in [-0.1, -0.05) is 18.2 Å². The summed E-state index contributed by atoms with van der Waals surface area (Å²) in [5.41, 5.74) is 1.72. The topological polar surface area (TPSA) is 99.8 Å². The lowest BCUT2D eigenvalue weighted by Crippen LogP contribution is -2.53. The van der Waals surface area contributed by atoms with Gasteiger partial charge in [-0.05, 0) is 42.7 Å². The summed E-state index contributed by atoms with van der Waals surface area (Å²) in [6, 6.07) is 12.8. The smallest absolute Gasteiger partial charge is 0.323 e. The van der Waals surface area contributed by atoms with Gasteiger partial charge in [-0.25, -0.2) is 4.79 Å². The van der Waals surface area contributed by atoms with Crippen LogP contribution in [0.15, 0.2) is 48.5 Å². The van der Waals surface area contributed by atoms with E-state index in [2.05, 4.69) is 16.0 Å². The minimum atomic E-state index is -0.756. The van der Waals surface area contributed by atoms with Crippen LogP contribution in [-0.2, 0) is 9.59 Å². The van der Waals surface area contributed by atoms with Gasteiger partial charge in [0.2, 0.25) is 11.8 Å². The number of anilines is 3. The van der Waals surface area contributed by atoms with E-state index in [1.54, 1.807) is 67.4 Å². The van der Waals surface area contributed by atoms with E-state index in [9.17, 15) is 14.4 Å². The van der Waals surface area contributed by atoms with E-state index >= 15 is 0 Å². The Balaban J connectivity index is 1.74. The number of methoxy groups -OCH3 is 1. The van der Waals surface area contributed by atoms with Gasteiger partial charge < -0.3 is 20.7 Å². The van der Waals surface area contributed by atoms with Gasteiger partial charge in [-0.15, -0.1) is 0 Å². The number of carbonyl (C=O) groups is 3. The molecule has 0 bridgehead atoms. The SMILES string of the molecule is COc1cccc(NC(=O)[C@@H](CCSC)NC(=O)N2CC(=O)Nc3ccccc32)c1. The Morgan fingerprint density at radius 1 is 1.23 bits per heavy atom. The maximum atomic E-state index is 13.0. The number of hydrogen-bond donors (Lipinski definition) is 3. The number of urea groups is 1. The van der Waals surface area contributed by atoms with Gasteiger partial charge in [0.1, 0.15) is 18.3 Å². The standard InChI is InChI=1S/C21H24N4O4S/c1-29-15-7-5-6-14(12-15)22-20(27)17(10-11-30-2)24-21(28)25-13-19(26)23-16-8-3-4-9-18(16)25/h3-9,12,17H,10-11,13H2,1-2H3,(H,22,27)(H,23,26)(H,24,28)/t17-/m1/s1. The van der Waals surface area contributed by atoms with Crippen molar-refractivity contribution in [2.45, 2.75) is 12.5 Å². The Morgan fingerprint density at radius 2 is 2.03 bits per heavy atom. The van der Waals surface area contributed by atoms with Crippen LogP contribution in [0.4, 0.5) is 21.9 Å². The lowest BCUT2D eigenvalue weighted by Gasteiger charge is -2.30. The van der Waals surface area contributed by atoms with Gasteiger partial charge in [-0.2, -0.15) is 11.8 Å². The Kier molecular flexibility index (Phi) is 7.18. The third kappa shape index (κ3) is 5.24. The molecule has 1 heterocycles. The van der Waals surface area contributed by atoms with Gasteiger partial charge in [0.15, 0.2) is 0 Å². The number of thioether (sulfide) groups is 1. The first kappa shape index (κ1) is 21.5. The van der Waals surface area contributed by atoms with Crippen LogP contribution < -0.4 is 25.6 Å². The zero-order valence-electron chi connectivity index (χ0n) is 16.8. The lowest BCUT2D eigenvalue weighted by molar-refractivity contribution is -0.118. The van der Waals surface area contributed by atoms with Gasteiger partial charge in [0.05, 0.1) is 18.5 Å². The van der Waals surface area contributed by atoms with Gasteiger partial charge in [0.25, 0.3) is 0 Å². The minimum absolute atomic E-state index is 0.115. The highest BCUT2D eigenvalue weighted by Crippen LogP contribution is 2.29. The third-order valence-corrected chi connectivity index (χ3v) is 5.22. The molecule has 4 amide bonds. The first-order valence-electron chi connectivity index (χ1n) is 9.42. The molecule has 0 unspecified atom stereocenters. The van der Waals surface area contributed by atoms with Crippen molar-refractivity contribution >= 4 is 46.7 Å². The van der Waals surface area contributed by atoms with Crippen molar-refractivity contribution in [2.24, 2.45) is 0 Å². The monoisotopic (exact) mass is 428 g/mol. The number of hydrogen-bond acceptors (Lipinski definition) is 5. The molecule has 1 aliphatic heterocycles. The predicted molar refractivity (Wildman–Crippen MR) is 119 cm³/mol. The van der Waals surface area contributed by atoms with Gasteiger partial charge in [0, 0.05) is 11.8 Å². The summed E-state index contributed by atoms with van der Waals surface area (Å²) >= 11 is 1.58. The number of amides is 4. The molecule has 0 spiro atoms. The van der Waals surface area contributed by atoms with E-state index in [-0.39, 0.29) is 18.4 Å². The van der Waals surface area contributed by atoms with Crippen molar-refractivity contribution in [1.82, 2.24) is 5.32 Å². The second-order valence-electron chi connectivity index (χ2n) is 6.66. The van der Waals surface area contributed by atoms with Crippen LogP contribution in [-0.4, -0.2) is 49.6 Å². The van der Waals surface area contributed by atoms with E-state index in [1.807, 2.05) is 6.26 Å². The molecule has 0 saturated heterocycles. The molecule has 30 heavy (non-hydrogen) atoms. The fourth-order valence-electron chi connectivity index (χ4n) is 3.08. The quantitative estimate of drug-likeness (QED) is 0.630. The normalized spacial score (nSPS) is 13.7. The highest BCUT2D eigenvalue weighted by molar-refractivity contribution is 7.98. The van der Waals surface area contributed by atoms with Crippen LogP contribution in [0.25, 0.3) is 0 Å².